The van der Waals surface area contributed by atoms with Gasteiger partial charge in [0.1, 0.15) is 40.6 Å². The van der Waals surface area contributed by atoms with Crippen molar-refractivity contribution in [2.45, 2.75) is 102 Å². The molecule has 0 radical (unpaired) electrons. The first-order valence-corrected chi connectivity index (χ1v) is 19.2. The van der Waals surface area contributed by atoms with Gasteiger partial charge in [0, 0.05) is 17.7 Å². The molecule has 3 aromatic rings. The Bertz CT molecular complexity index is 1990. The number of imide groups is 1. The van der Waals surface area contributed by atoms with Crippen LogP contribution < -0.4 is 14.8 Å². The monoisotopic (exact) mass is 820 g/mol. The van der Waals surface area contributed by atoms with E-state index >= 15 is 0 Å². The molecule has 2 fully saturated rings. The molecule has 55 heavy (non-hydrogen) atoms. The van der Waals surface area contributed by atoms with Gasteiger partial charge in [0.15, 0.2) is 5.54 Å². The molecule has 5 atom stereocenters. The first-order chi connectivity index (χ1) is 26.2. The largest absolute Gasteiger partial charge is 0.487 e. The lowest BCUT2D eigenvalue weighted by molar-refractivity contribution is -0.154. The number of pyridine rings is 1. The van der Waals surface area contributed by atoms with E-state index in [9.17, 15) is 34.2 Å². The molecule has 1 aromatic heterocycles. The number of benzene rings is 2. The van der Waals surface area contributed by atoms with E-state index in [2.05, 4.69) is 21.2 Å². The van der Waals surface area contributed by atoms with Gasteiger partial charge in [-0.05, 0) is 80.1 Å². The lowest BCUT2D eigenvalue weighted by atomic mass is 10.0. The topological polar surface area (TPSA) is 185 Å². The van der Waals surface area contributed by atoms with Gasteiger partial charge in [-0.2, -0.15) is 0 Å². The van der Waals surface area contributed by atoms with E-state index in [1.165, 1.54) is 4.90 Å². The number of alkyl carbamates (subject to hydrolysis) is 1. The summed E-state index contributed by atoms with van der Waals surface area (Å²) in [5.41, 5.74) is -1.41. The molecule has 3 N–H and O–H groups in total. The predicted molar refractivity (Wildman–Crippen MR) is 203 cm³/mol. The van der Waals surface area contributed by atoms with E-state index in [0.29, 0.717) is 51.7 Å². The quantitative estimate of drug-likeness (QED) is 0.216. The molecule has 4 amide bonds. The van der Waals surface area contributed by atoms with Crippen LogP contribution in [0, 0.1) is 5.92 Å². The summed E-state index contributed by atoms with van der Waals surface area (Å²) >= 11 is 3.61. The Morgan fingerprint density at radius 3 is 2.44 bits per heavy atom. The molecular weight excluding hydrogens is 776 g/mol. The van der Waals surface area contributed by atoms with Crippen molar-refractivity contribution in [1.29, 1.82) is 0 Å². The highest BCUT2D eigenvalue weighted by Crippen LogP contribution is 2.51. The Labute approximate surface area is 326 Å². The lowest BCUT2D eigenvalue weighted by Crippen LogP contribution is -2.59. The highest BCUT2D eigenvalue weighted by Gasteiger charge is 2.68. The Kier molecular flexibility index (Phi) is 11.7. The number of halogens is 1. The minimum Gasteiger partial charge on any atom is -0.487 e. The van der Waals surface area contributed by atoms with Crippen molar-refractivity contribution in [3.8, 4) is 11.6 Å². The molecule has 3 heterocycles. The summed E-state index contributed by atoms with van der Waals surface area (Å²) in [4.78, 5) is 73.9. The molecule has 2 aliphatic heterocycles. The highest BCUT2D eigenvalue weighted by atomic mass is 79.9. The van der Waals surface area contributed by atoms with Crippen LogP contribution in [0.1, 0.15) is 71.3 Å². The SMILES string of the molecule is CC(C)(C)OC(=O)N[C@H]1CCCCC/C=C\[C@@H]2C[C@@]2(C(=O)O)N(C(=O)O)C(=O)[C@@H]2C[C@@H](Oc3nc4ccccc4c(OCc4ccccc4)c3Br)CN2C1=O. The number of aliphatic carboxylic acids is 1. The minimum absolute atomic E-state index is 0.0972. The molecule has 14 nitrogen and oxygen atoms in total. The van der Waals surface area contributed by atoms with Gasteiger partial charge < -0.3 is 34.6 Å². The summed E-state index contributed by atoms with van der Waals surface area (Å²) in [6.07, 6.45) is 2.48. The second-order valence-electron chi connectivity index (χ2n) is 15.1. The van der Waals surface area contributed by atoms with Crippen LogP contribution in [0.4, 0.5) is 9.59 Å². The molecule has 0 unspecified atom stereocenters. The van der Waals surface area contributed by atoms with Gasteiger partial charge in [-0.3, -0.25) is 9.59 Å². The van der Waals surface area contributed by atoms with Gasteiger partial charge in [-0.1, -0.05) is 67.5 Å². The van der Waals surface area contributed by atoms with Gasteiger partial charge in [-0.15, -0.1) is 0 Å². The number of carbonyl (C=O) groups is 5. The highest BCUT2D eigenvalue weighted by molar-refractivity contribution is 9.10. The summed E-state index contributed by atoms with van der Waals surface area (Å²) in [6.45, 7) is 5.12. The number of nitrogens with one attached hydrogen (secondary N) is 1. The number of amides is 4. The van der Waals surface area contributed by atoms with Gasteiger partial charge in [0.2, 0.25) is 11.8 Å². The molecular formula is C40H45BrN4O10. The number of carboxylic acid groups (broad SMARTS) is 2. The molecule has 15 heteroatoms. The maximum atomic E-state index is 14.5. The summed E-state index contributed by atoms with van der Waals surface area (Å²) in [7, 11) is 0. The summed E-state index contributed by atoms with van der Waals surface area (Å²) in [5.74, 6) is -3.35. The maximum Gasteiger partial charge on any atom is 0.415 e. The number of allylic oxidation sites excluding steroid dienone is 1. The average molecular weight is 822 g/mol. The fourth-order valence-corrected chi connectivity index (χ4v) is 7.78. The molecule has 292 valence electrons. The third-order valence-corrected chi connectivity index (χ3v) is 10.7. The maximum absolute atomic E-state index is 14.5. The van der Waals surface area contributed by atoms with Crippen molar-refractivity contribution in [3.63, 3.8) is 0 Å². The number of fused-ring (bicyclic) bond motifs is 3. The Morgan fingerprint density at radius 1 is 1.00 bits per heavy atom. The summed E-state index contributed by atoms with van der Waals surface area (Å²) in [5, 5.41) is 24.2. The third-order valence-electron chi connectivity index (χ3n) is 9.98. The van der Waals surface area contributed by atoms with Crippen molar-refractivity contribution >= 4 is 56.8 Å². The summed E-state index contributed by atoms with van der Waals surface area (Å²) in [6, 6.07) is 14.3. The lowest BCUT2D eigenvalue weighted by Gasteiger charge is -2.33. The van der Waals surface area contributed by atoms with Crippen LogP contribution in [-0.2, 0) is 25.7 Å². The smallest absolute Gasteiger partial charge is 0.415 e. The number of carbonyl (C=O) groups excluding carboxylic acids is 3. The zero-order valence-electron chi connectivity index (χ0n) is 30.9. The fourth-order valence-electron chi connectivity index (χ4n) is 7.27. The third kappa shape index (κ3) is 8.71. The first kappa shape index (κ1) is 39.5. The number of para-hydroxylation sites is 1. The number of rotatable bonds is 7. The van der Waals surface area contributed by atoms with Crippen LogP contribution in [0.25, 0.3) is 10.9 Å². The van der Waals surface area contributed by atoms with Crippen molar-refractivity contribution in [1.82, 2.24) is 20.1 Å². The molecule has 0 bridgehead atoms. The van der Waals surface area contributed by atoms with Crippen molar-refractivity contribution < 1.29 is 48.4 Å². The van der Waals surface area contributed by atoms with Gasteiger partial charge in [0.25, 0.3) is 5.91 Å². The number of carboxylic acids is 1. The van der Waals surface area contributed by atoms with Crippen LogP contribution in [0.5, 0.6) is 11.6 Å². The van der Waals surface area contributed by atoms with Gasteiger partial charge in [-0.25, -0.2) is 24.3 Å². The zero-order valence-corrected chi connectivity index (χ0v) is 32.5. The molecule has 6 rings (SSSR count). The van der Waals surface area contributed by atoms with Crippen molar-refractivity contribution in [2.75, 3.05) is 6.54 Å². The minimum atomic E-state index is -2.03. The number of nitrogens with zero attached hydrogens (tertiary/aromatic N) is 3. The Balaban J connectivity index is 1.36. The van der Waals surface area contributed by atoms with E-state index in [0.717, 1.165) is 5.56 Å². The van der Waals surface area contributed by atoms with E-state index in [1.807, 2.05) is 48.5 Å². The molecule has 1 aliphatic carbocycles. The molecule has 0 spiro atoms. The summed E-state index contributed by atoms with van der Waals surface area (Å²) < 4.78 is 18.6. The normalized spacial score (nSPS) is 25.2. The van der Waals surface area contributed by atoms with Crippen LogP contribution in [0.15, 0.2) is 71.2 Å². The Hall–Kier alpha value is -5.18. The van der Waals surface area contributed by atoms with Crippen molar-refractivity contribution in [3.05, 3.63) is 76.8 Å². The fraction of sp³-hybridized carbons (Fsp3) is 0.450. The second kappa shape index (κ2) is 16.3. The van der Waals surface area contributed by atoms with Crippen LogP contribution >= 0.6 is 15.9 Å². The van der Waals surface area contributed by atoms with Crippen LogP contribution in [0.3, 0.4) is 0 Å². The Morgan fingerprint density at radius 2 is 1.73 bits per heavy atom. The predicted octanol–water partition coefficient (Wildman–Crippen LogP) is 6.69. The first-order valence-electron chi connectivity index (χ1n) is 18.4. The molecule has 2 aromatic carbocycles. The second-order valence-corrected chi connectivity index (χ2v) is 15.9. The van der Waals surface area contributed by atoms with E-state index in [4.69, 9.17) is 19.2 Å². The van der Waals surface area contributed by atoms with Crippen molar-refractivity contribution in [2.24, 2.45) is 5.92 Å². The number of aromatic nitrogens is 1. The molecule has 3 aliphatic rings. The molecule has 1 saturated carbocycles. The van der Waals surface area contributed by atoms with E-state index in [-0.39, 0.29) is 38.3 Å². The van der Waals surface area contributed by atoms with Crippen LogP contribution in [0.2, 0.25) is 0 Å². The van der Waals surface area contributed by atoms with E-state index in [1.54, 1.807) is 39.0 Å². The van der Waals surface area contributed by atoms with Gasteiger partial charge >= 0.3 is 18.2 Å². The van der Waals surface area contributed by atoms with E-state index < -0.39 is 65.2 Å². The van der Waals surface area contributed by atoms with Crippen LogP contribution in [-0.4, -0.2) is 90.8 Å². The zero-order chi connectivity index (χ0) is 39.5. The van der Waals surface area contributed by atoms with Gasteiger partial charge in [0.05, 0.1) is 12.1 Å². The number of ether oxygens (including phenoxy) is 3. The standard InChI is InChI=1S/C40H45BrN4O10/c1-39(2,3)55-37(50)43-29-19-11-6-4-5-10-16-25-21-40(25,36(48)49)45(38(51)52)35(47)30-20-26(22-44(30)34(29)46)54-33-31(41)32(27-17-12-13-18-28(27)42-33)53-23-24-14-8-7-9-15-24/h7-10,12-18,25-26,29-30H,4-6,11,19-23H2,1-3H3,(H,43,50)(H,48,49)(H,51,52)/b16-10-/t25-,26-,29+,30+,40-/m1/s1. The molecule has 1 saturated heterocycles. The average Bonchev–Trinajstić information content (AvgIpc) is 3.69. The number of hydrogen-bond donors (Lipinski definition) is 3. The number of hydrogen-bond acceptors (Lipinski definition) is 9.